The Hall–Kier alpha value is -3.59. The van der Waals surface area contributed by atoms with E-state index in [4.69, 9.17) is 4.74 Å². The smallest absolute Gasteiger partial charge is 0.166 e. The zero-order valence-electron chi connectivity index (χ0n) is 16.0. The molecular formula is C21H19FN6O2. The van der Waals surface area contributed by atoms with Gasteiger partial charge in [-0.1, -0.05) is 18.2 Å². The Balaban J connectivity index is 1.50. The molecule has 0 spiro atoms. The maximum absolute atomic E-state index is 13.7. The summed E-state index contributed by atoms with van der Waals surface area (Å²) in [7, 11) is 0. The van der Waals surface area contributed by atoms with Crippen LogP contribution in [0.5, 0.6) is 5.75 Å². The van der Waals surface area contributed by atoms with Crippen molar-refractivity contribution >= 4 is 17.0 Å². The number of nitrogens with one attached hydrogen (secondary N) is 1. The van der Waals surface area contributed by atoms with Gasteiger partial charge in [0.05, 0.1) is 31.8 Å². The van der Waals surface area contributed by atoms with Gasteiger partial charge in [-0.05, 0) is 24.1 Å². The summed E-state index contributed by atoms with van der Waals surface area (Å²) in [5, 5.41) is 13.3. The number of hydrogen-bond acceptors (Lipinski definition) is 7. The van der Waals surface area contributed by atoms with Crippen molar-refractivity contribution in [1.82, 2.24) is 24.5 Å². The summed E-state index contributed by atoms with van der Waals surface area (Å²) in [4.78, 5) is 17.6. The molecule has 152 valence electrons. The normalized spacial score (nSPS) is 14.0. The van der Waals surface area contributed by atoms with Gasteiger partial charge in [-0.15, -0.1) is 0 Å². The molecule has 0 bridgehead atoms. The number of benzene rings is 1. The predicted octanol–water partition coefficient (Wildman–Crippen LogP) is 2.96. The lowest BCUT2D eigenvalue weighted by atomic mass is 10.1. The highest BCUT2D eigenvalue weighted by Gasteiger charge is 2.24. The third kappa shape index (κ3) is 3.43. The molecule has 0 amide bonds. The van der Waals surface area contributed by atoms with Crippen molar-refractivity contribution in [3.05, 3.63) is 60.4 Å². The van der Waals surface area contributed by atoms with E-state index in [2.05, 4.69) is 25.3 Å². The summed E-state index contributed by atoms with van der Waals surface area (Å²) in [5.74, 6) is 0.717. The number of aromatic hydroxyl groups is 1. The highest BCUT2D eigenvalue weighted by Crippen LogP contribution is 2.28. The van der Waals surface area contributed by atoms with Crippen molar-refractivity contribution in [2.45, 2.75) is 12.5 Å². The molecule has 1 saturated heterocycles. The number of hydrogen-bond donors (Lipinski definition) is 2. The zero-order valence-corrected chi connectivity index (χ0v) is 16.0. The van der Waals surface area contributed by atoms with Gasteiger partial charge >= 0.3 is 0 Å². The van der Waals surface area contributed by atoms with E-state index in [9.17, 15) is 9.50 Å². The summed E-state index contributed by atoms with van der Waals surface area (Å²) in [6, 6.07) is 8.73. The van der Waals surface area contributed by atoms with E-state index < -0.39 is 5.82 Å². The van der Waals surface area contributed by atoms with Crippen molar-refractivity contribution in [1.29, 1.82) is 0 Å². The maximum atomic E-state index is 13.7. The Morgan fingerprint density at radius 3 is 2.83 bits per heavy atom. The molecule has 2 N–H and O–H groups in total. The molecule has 4 aromatic rings. The largest absolute Gasteiger partial charge is 0.508 e. The van der Waals surface area contributed by atoms with Crippen molar-refractivity contribution in [3.63, 3.8) is 0 Å². The van der Waals surface area contributed by atoms with Crippen LogP contribution in [0.1, 0.15) is 11.6 Å². The zero-order chi connectivity index (χ0) is 20.5. The maximum Gasteiger partial charge on any atom is 0.166 e. The lowest BCUT2D eigenvalue weighted by Crippen LogP contribution is -2.30. The molecule has 3 aromatic heterocycles. The minimum Gasteiger partial charge on any atom is -0.508 e. The summed E-state index contributed by atoms with van der Waals surface area (Å²) < 4.78 is 21.0. The van der Waals surface area contributed by atoms with Gasteiger partial charge in [-0.3, -0.25) is 4.98 Å². The minimum absolute atomic E-state index is 0.164. The molecule has 9 heteroatoms. The van der Waals surface area contributed by atoms with Crippen molar-refractivity contribution in [3.8, 4) is 17.1 Å². The van der Waals surface area contributed by atoms with Gasteiger partial charge in [-0.2, -0.15) is 0 Å². The fraction of sp³-hybridized carbons (Fsp3) is 0.238. The van der Waals surface area contributed by atoms with Crippen LogP contribution in [0.25, 0.3) is 22.6 Å². The molecular weight excluding hydrogens is 387 g/mol. The van der Waals surface area contributed by atoms with E-state index in [-0.39, 0.29) is 11.8 Å². The quantitative estimate of drug-likeness (QED) is 0.508. The van der Waals surface area contributed by atoms with E-state index in [0.29, 0.717) is 54.5 Å². The van der Waals surface area contributed by atoms with Gasteiger partial charge < -0.3 is 19.7 Å². The highest BCUT2D eigenvalue weighted by atomic mass is 19.1. The number of imidazole rings is 1. The number of aromatic nitrogens is 5. The Morgan fingerprint density at radius 2 is 2.07 bits per heavy atom. The monoisotopic (exact) mass is 406 g/mol. The number of pyridine rings is 1. The first kappa shape index (κ1) is 18.4. The predicted molar refractivity (Wildman–Crippen MR) is 109 cm³/mol. The molecule has 8 nitrogen and oxygen atoms in total. The second-order valence-corrected chi connectivity index (χ2v) is 7.11. The molecule has 1 aromatic carbocycles. The van der Waals surface area contributed by atoms with Gasteiger partial charge in [0.1, 0.15) is 17.1 Å². The fourth-order valence-electron chi connectivity index (χ4n) is 3.39. The van der Waals surface area contributed by atoms with E-state index in [1.807, 2.05) is 16.7 Å². The van der Waals surface area contributed by atoms with Crippen LogP contribution in [0.4, 0.5) is 10.2 Å². The molecule has 1 fully saturated rings. The number of fused-ring (bicyclic) bond motifs is 1. The number of anilines is 1. The average molecular weight is 406 g/mol. The first-order valence-electron chi connectivity index (χ1n) is 9.63. The van der Waals surface area contributed by atoms with Crippen LogP contribution in [-0.4, -0.2) is 49.4 Å². The average Bonchev–Trinajstić information content (AvgIpc) is 3.12. The van der Waals surface area contributed by atoms with E-state index in [0.717, 1.165) is 11.8 Å². The molecule has 0 unspecified atom stereocenters. The second-order valence-electron chi connectivity index (χ2n) is 7.11. The lowest BCUT2D eigenvalue weighted by molar-refractivity contribution is -0.0218. The second kappa shape index (κ2) is 7.68. The Bertz CT molecular complexity index is 1210. The number of nitrogens with zero attached hydrogens (tertiary/aromatic N) is 5. The Morgan fingerprint density at radius 1 is 1.20 bits per heavy atom. The van der Waals surface area contributed by atoms with Crippen molar-refractivity contribution < 1.29 is 14.2 Å². The number of ether oxygens (including phenoxy) is 1. The summed E-state index contributed by atoms with van der Waals surface area (Å²) in [5.41, 5.74) is 2.61. The van der Waals surface area contributed by atoms with Crippen LogP contribution in [0.15, 0.2) is 49.1 Å². The van der Waals surface area contributed by atoms with E-state index in [1.54, 1.807) is 18.5 Å². The molecule has 30 heavy (non-hydrogen) atoms. The molecule has 1 aliphatic heterocycles. The highest BCUT2D eigenvalue weighted by molar-refractivity contribution is 5.85. The molecule has 1 aliphatic rings. The van der Waals surface area contributed by atoms with Gasteiger partial charge in [-0.25, -0.2) is 19.3 Å². The van der Waals surface area contributed by atoms with Crippen LogP contribution >= 0.6 is 0 Å². The Labute approximate surface area is 171 Å². The van der Waals surface area contributed by atoms with Gasteiger partial charge in [0.25, 0.3) is 0 Å². The SMILES string of the molecule is Oc1ccccc1CCNc1nc(-c2cncc(F)c2)nc2c1ncn2C1COC1. The molecule has 0 saturated carbocycles. The molecule has 0 atom stereocenters. The number of para-hydroxylation sites is 1. The molecule has 0 radical (unpaired) electrons. The fourth-order valence-corrected chi connectivity index (χ4v) is 3.39. The first-order chi connectivity index (χ1) is 14.7. The van der Waals surface area contributed by atoms with Crippen molar-refractivity contribution in [2.75, 3.05) is 25.1 Å². The lowest BCUT2D eigenvalue weighted by Gasteiger charge is -2.27. The number of rotatable bonds is 6. The standard InChI is InChI=1S/C21H19FN6O2/c22-15-7-14(8-23-9-15)19-26-20(24-6-5-13-3-1-2-4-17(13)29)18-21(27-19)28(12-25-18)16-10-30-11-16/h1-4,7-9,12,16,29H,5-6,10-11H2,(H,24,26,27). The summed E-state index contributed by atoms with van der Waals surface area (Å²) in [6.45, 7) is 1.73. The van der Waals surface area contributed by atoms with Crippen LogP contribution in [0.2, 0.25) is 0 Å². The van der Waals surface area contributed by atoms with Gasteiger partial charge in [0.15, 0.2) is 17.3 Å². The van der Waals surface area contributed by atoms with Crippen molar-refractivity contribution in [2.24, 2.45) is 0 Å². The molecule has 0 aliphatic carbocycles. The first-order valence-corrected chi connectivity index (χ1v) is 9.63. The van der Waals surface area contributed by atoms with Crippen LogP contribution < -0.4 is 5.32 Å². The third-order valence-electron chi connectivity index (χ3n) is 5.08. The van der Waals surface area contributed by atoms with Gasteiger partial charge in [0, 0.05) is 18.3 Å². The van der Waals surface area contributed by atoms with E-state index in [1.165, 1.54) is 12.3 Å². The van der Waals surface area contributed by atoms with E-state index >= 15 is 0 Å². The van der Waals surface area contributed by atoms with Crippen LogP contribution in [0, 0.1) is 5.82 Å². The topological polar surface area (TPSA) is 98.0 Å². The summed E-state index contributed by atoms with van der Waals surface area (Å²) >= 11 is 0. The third-order valence-corrected chi connectivity index (χ3v) is 5.08. The minimum atomic E-state index is -0.453. The number of phenolic OH excluding ortho intramolecular Hbond substituents is 1. The van der Waals surface area contributed by atoms with Gasteiger partial charge in [0.2, 0.25) is 0 Å². The Kier molecular flexibility index (Phi) is 4.72. The molecule has 4 heterocycles. The summed E-state index contributed by atoms with van der Waals surface area (Å²) in [6.07, 6.45) is 5.01. The van der Waals surface area contributed by atoms with Crippen LogP contribution in [0.3, 0.4) is 0 Å². The number of halogens is 1. The van der Waals surface area contributed by atoms with Crippen LogP contribution in [-0.2, 0) is 11.2 Å². The molecule has 5 rings (SSSR count). The number of phenols is 1.